The molecule has 0 aliphatic carbocycles. The van der Waals surface area contributed by atoms with Crippen molar-refractivity contribution in [3.63, 3.8) is 0 Å². The SMILES string of the molecule is Cc1cccn2c(C)c(C(O)=C3C(=O)C(=O)N(CCN(C)C)C3c3cccc(Br)c3)nc12. The molecule has 1 amide bonds. The van der Waals surface area contributed by atoms with Gasteiger partial charge in [0.2, 0.25) is 0 Å². The maximum atomic E-state index is 13.2. The van der Waals surface area contributed by atoms with E-state index >= 15 is 0 Å². The van der Waals surface area contributed by atoms with Crippen molar-refractivity contribution in [2.75, 3.05) is 27.2 Å². The fourth-order valence-corrected chi connectivity index (χ4v) is 4.53. The van der Waals surface area contributed by atoms with E-state index in [0.717, 1.165) is 15.6 Å². The lowest BCUT2D eigenvalue weighted by Gasteiger charge is -2.26. The Morgan fingerprint density at radius 2 is 1.94 bits per heavy atom. The fraction of sp³-hybridized carbons (Fsp3) is 0.292. The lowest BCUT2D eigenvalue weighted by Crippen LogP contribution is -2.35. The molecule has 0 spiro atoms. The first-order valence-corrected chi connectivity index (χ1v) is 11.1. The second kappa shape index (κ2) is 8.52. The van der Waals surface area contributed by atoms with Crippen LogP contribution in [0.4, 0.5) is 0 Å². The van der Waals surface area contributed by atoms with Crippen molar-refractivity contribution in [2.24, 2.45) is 0 Å². The minimum atomic E-state index is -0.697. The molecule has 8 heteroatoms. The molecule has 2 aromatic heterocycles. The maximum Gasteiger partial charge on any atom is 0.295 e. The predicted molar refractivity (Wildman–Crippen MR) is 126 cm³/mol. The first-order chi connectivity index (χ1) is 15.2. The topological polar surface area (TPSA) is 78.2 Å². The van der Waals surface area contributed by atoms with Crippen LogP contribution in [-0.4, -0.2) is 63.2 Å². The van der Waals surface area contributed by atoms with Crippen LogP contribution in [0.2, 0.25) is 0 Å². The molecule has 0 saturated carbocycles. The number of aromatic nitrogens is 2. The molecular formula is C24H25BrN4O3. The number of imidazole rings is 1. The quantitative estimate of drug-likeness (QED) is 0.331. The van der Waals surface area contributed by atoms with Crippen molar-refractivity contribution in [3.8, 4) is 0 Å². The number of pyridine rings is 1. The van der Waals surface area contributed by atoms with Crippen molar-refractivity contribution < 1.29 is 14.7 Å². The third-order valence-corrected chi connectivity index (χ3v) is 6.29. The van der Waals surface area contributed by atoms with Crippen LogP contribution in [0.25, 0.3) is 11.4 Å². The molecule has 3 aromatic rings. The Morgan fingerprint density at radius 1 is 1.19 bits per heavy atom. The van der Waals surface area contributed by atoms with E-state index in [1.54, 1.807) is 0 Å². The molecule has 166 valence electrons. The van der Waals surface area contributed by atoms with Gasteiger partial charge in [0.05, 0.1) is 17.3 Å². The number of ketones is 1. The average molecular weight is 497 g/mol. The van der Waals surface area contributed by atoms with Crippen LogP contribution < -0.4 is 0 Å². The summed E-state index contributed by atoms with van der Waals surface area (Å²) >= 11 is 3.48. The number of nitrogens with zero attached hydrogens (tertiary/aromatic N) is 4. The summed E-state index contributed by atoms with van der Waals surface area (Å²) in [6.07, 6.45) is 1.86. The lowest BCUT2D eigenvalue weighted by atomic mass is 9.96. The van der Waals surface area contributed by atoms with Crippen molar-refractivity contribution in [3.05, 3.63) is 75.2 Å². The molecule has 1 unspecified atom stereocenters. The van der Waals surface area contributed by atoms with Crippen LogP contribution in [0, 0.1) is 13.8 Å². The number of aryl methyl sites for hydroxylation is 2. The van der Waals surface area contributed by atoms with E-state index in [2.05, 4.69) is 20.9 Å². The minimum Gasteiger partial charge on any atom is -0.505 e. The molecular weight excluding hydrogens is 472 g/mol. The van der Waals surface area contributed by atoms with Crippen molar-refractivity contribution in [2.45, 2.75) is 19.9 Å². The van der Waals surface area contributed by atoms with Crippen molar-refractivity contribution in [1.82, 2.24) is 19.2 Å². The Labute approximate surface area is 195 Å². The number of aliphatic hydroxyl groups is 1. The van der Waals surface area contributed by atoms with Crippen LogP contribution in [-0.2, 0) is 9.59 Å². The van der Waals surface area contributed by atoms with E-state index in [1.807, 2.05) is 79.8 Å². The minimum absolute atomic E-state index is 0.0658. The summed E-state index contributed by atoms with van der Waals surface area (Å²) in [4.78, 5) is 34.3. The fourth-order valence-electron chi connectivity index (χ4n) is 4.12. The van der Waals surface area contributed by atoms with E-state index < -0.39 is 17.7 Å². The Morgan fingerprint density at radius 3 is 2.59 bits per heavy atom. The smallest absolute Gasteiger partial charge is 0.295 e. The van der Waals surface area contributed by atoms with Gasteiger partial charge in [0.15, 0.2) is 5.76 Å². The van der Waals surface area contributed by atoms with E-state index in [-0.39, 0.29) is 11.3 Å². The van der Waals surface area contributed by atoms with E-state index in [4.69, 9.17) is 0 Å². The van der Waals surface area contributed by atoms with Gasteiger partial charge in [-0.25, -0.2) is 4.98 Å². The number of halogens is 1. The number of likely N-dealkylation sites (tertiary alicyclic amines) is 1. The van der Waals surface area contributed by atoms with Crippen LogP contribution >= 0.6 is 15.9 Å². The number of fused-ring (bicyclic) bond motifs is 1. The standard InChI is InChI=1S/C24H25BrN4O3/c1-14-7-6-10-28-15(2)19(26-23(14)28)21(30)18-20(16-8-5-9-17(25)13-16)29(12-11-27(3)4)24(32)22(18)31/h5-10,13,20,30H,11-12H2,1-4H3. The summed E-state index contributed by atoms with van der Waals surface area (Å²) in [5, 5.41) is 11.4. The highest BCUT2D eigenvalue weighted by molar-refractivity contribution is 9.10. The highest BCUT2D eigenvalue weighted by Crippen LogP contribution is 2.40. The number of hydrogen-bond donors (Lipinski definition) is 1. The summed E-state index contributed by atoms with van der Waals surface area (Å²) in [7, 11) is 3.82. The van der Waals surface area contributed by atoms with Gasteiger partial charge < -0.3 is 19.3 Å². The maximum absolute atomic E-state index is 13.2. The number of Topliss-reactive ketones (excluding diaryl/α,β-unsaturated/α-hetero) is 1. The normalized spacial score (nSPS) is 18.3. The zero-order valence-corrected chi connectivity index (χ0v) is 20.0. The van der Waals surface area contributed by atoms with Gasteiger partial charge in [-0.15, -0.1) is 0 Å². The molecule has 3 heterocycles. The Bertz CT molecular complexity index is 1260. The van der Waals surface area contributed by atoms with Crippen LogP contribution in [0.15, 0.2) is 52.6 Å². The number of likely N-dealkylation sites (N-methyl/N-ethyl adjacent to an activating group) is 1. The molecule has 1 aliphatic rings. The second-order valence-electron chi connectivity index (χ2n) is 8.28. The number of carbonyl (C=O) groups is 2. The molecule has 1 aromatic carbocycles. The average Bonchev–Trinajstić information content (AvgIpc) is 3.22. The van der Waals surface area contributed by atoms with Crippen LogP contribution in [0.1, 0.15) is 28.6 Å². The van der Waals surface area contributed by atoms with Crippen LogP contribution in [0.3, 0.4) is 0 Å². The molecule has 0 bridgehead atoms. The number of rotatable bonds is 5. The highest BCUT2D eigenvalue weighted by atomic mass is 79.9. The van der Waals surface area contributed by atoms with Crippen LogP contribution in [0.5, 0.6) is 0 Å². The van der Waals surface area contributed by atoms with Gasteiger partial charge in [-0.1, -0.05) is 34.1 Å². The van der Waals surface area contributed by atoms with Gasteiger partial charge in [0.1, 0.15) is 11.3 Å². The number of aliphatic hydroxyl groups excluding tert-OH is 1. The van der Waals surface area contributed by atoms with E-state index in [1.165, 1.54) is 4.90 Å². The number of amides is 1. The molecule has 32 heavy (non-hydrogen) atoms. The van der Waals surface area contributed by atoms with Crippen molar-refractivity contribution >= 4 is 39.0 Å². The summed E-state index contributed by atoms with van der Waals surface area (Å²) in [6.45, 7) is 4.72. The summed E-state index contributed by atoms with van der Waals surface area (Å²) in [6, 6.07) is 10.6. The Kier molecular flexibility index (Phi) is 5.92. The molecule has 1 aliphatic heterocycles. The van der Waals surface area contributed by atoms with E-state index in [9.17, 15) is 14.7 Å². The van der Waals surface area contributed by atoms with Gasteiger partial charge in [-0.3, -0.25) is 9.59 Å². The number of carbonyl (C=O) groups excluding carboxylic acids is 2. The summed E-state index contributed by atoms with van der Waals surface area (Å²) < 4.78 is 2.70. The monoisotopic (exact) mass is 496 g/mol. The molecule has 0 radical (unpaired) electrons. The first-order valence-electron chi connectivity index (χ1n) is 10.3. The Balaban J connectivity index is 1.92. The molecule has 7 nitrogen and oxygen atoms in total. The third kappa shape index (κ3) is 3.73. The van der Waals surface area contributed by atoms with Gasteiger partial charge in [0.25, 0.3) is 11.7 Å². The zero-order valence-electron chi connectivity index (χ0n) is 18.5. The Hall–Kier alpha value is -2.97. The predicted octanol–water partition coefficient (Wildman–Crippen LogP) is 3.70. The number of benzene rings is 1. The third-order valence-electron chi connectivity index (χ3n) is 5.80. The van der Waals surface area contributed by atoms with Gasteiger partial charge >= 0.3 is 0 Å². The molecule has 1 atom stereocenters. The van der Waals surface area contributed by atoms with Crippen molar-refractivity contribution in [1.29, 1.82) is 0 Å². The van der Waals surface area contributed by atoms with E-state index in [0.29, 0.717) is 30.1 Å². The zero-order chi connectivity index (χ0) is 23.2. The number of hydrogen-bond acceptors (Lipinski definition) is 5. The van der Waals surface area contributed by atoms with Gasteiger partial charge in [-0.05, 0) is 57.3 Å². The molecule has 1 fully saturated rings. The lowest BCUT2D eigenvalue weighted by molar-refractivity contribution is -0.140. The highest BCUT2D eigenvalue weighted by Gasteiger charge is 2.46. The molecule has 1 N–H and O–H groups in total. The summed E-state index contributed by atoms with van der Waals surface area (Å²) in [5.74, 6) is -1.56. The molecule has 4 rings (SSSR count). The second-order valence-corrected chi connectivity index (χ2v) is 9.20. The molecule has 1 saturated heterocycles. The summed E-state index contributed by atoms with van der Waals surface area (Å²) in [5.41, 5.74) is 3.48. The van der Waals surface area contributed by atoms with Gasteiger partial charge in [-0.2, -0.15) is 0 Å². The van der Waals surface area contributed by atoms with Gasteiger partial charge in [0, 0.05) is 23.8 Å². The first kappa shape index (κ1) is 22.2. The largest absolute Gasteiger partial charge is 0.505 e.